The standard InChI is InChI=1S/C25H28N4O5/c1-3-33-24(31)17-29-22-13-7-6-12-21(22)28(25(29)32)16-23-26-19-10-4-5-11-20(19)27(23)14-8-9-15-34-18(2)30/h4-7,10-13H,3,8-9,14-17H2,1-2H3. The molecule has 34 heavy (non-hydrogen) atoms. The number of para-hydroxylation sites is 4. The molecule has 0 aliphatic rings. The molecular weight excluding hydrogens is 436 g/mol. The van der Waals surface area contributed by atoms with E-state index in [1.165, 1.54) is 11.5 Å². The number of benzene rings is 2. The van der Waals surface area contributed by atoms with Crippen LogP contribution in [0.2, 0.25) is 0 Å². The minimum absolute atomic E-state index is 0.146. The maximum Gasteiger partial charge on any atom is 0.330 e. The zero-order valence-corrected chi connectivity index (χ0v) is 19.4. The second-order valence-corrected chi connectivity index (χ2v) is 7.96. The van der Waals surface area contributed by atoms with E-state index in [0.29, 0.717) is 18.7 Å². The first-order valence-electron chi connectivity index (χ1n) is 11.4. The Bertz CT molecular complexity index is 1380. The van der Waals surface area contributed by atoms with Crippen molar-refractivity contribution in [1.29, 1.82) is 0 Å². The molecule has 4 rings (SSSR count). The molecule has 4 aromatic rings. The number of ether oxygens (including phenoxy) is 2. The Morgan fingerprint density at radius 3 is 2.26 bits per heavy atom. The summed E-state index contributed by atoms with van der Waals surface area (Å²) in [4.78, 5) is 41.3. The van der Waals surface area contributed by atoms with Crippen LogP contribution in [0.15, 0.2) is 53.3 Å². The van der Waals surface area contributed by atoms with E-state index in [-0.39, 0.29) is 31.4 Å². The van der Waals surface area contributed by atoms with Gasteiger partial charge in [-0.3, -0.25) is 18.7 Å². The monoisotopic (exact) mass is 464 g/mol. The SMILES string of the molecule is CCOC(=O)Cn1c(=O)n(Cc2nc3ccccc3n2CCCCOC(C)=O)c2ccccc21. The quantitative estimate of drug-likeness (QED) is 0.264. The summed E-state index contributed by atoms with van der Waals surface area (Å²) < 4.78 is 15.3. The fourth-order valence-electron chi connectivity index (χ4n) is 4.14. The van der Waals surface area contributed by atoms with Gasteiger partial charge >= 0.3 is 17.6 Å². The molecule has 2 aromatic carbocycles. The Morgan fingerprint density at radius 2 is 1.56 bits per heavy atom. The van der Waals surface area contributed by atoms with Gasteiger partial charge in [0.05, 0.1) is 41.8 Å². The molecule has 0 spiro atoms. The number of carbonyl (C=O) groups is 2. The van der Waals surface area contributed by atoms with Crippen LogP contribution < -0.4 is 5.69 Å². The van der Waals surface area contributed by atoms with E-state index in [2.05, 4.69) is 4.57 Å². The zero-order valence-electron chi connectivity index (χ0n) is 19.4. The van der Waals surface area contributed by atoms with E-state index in [1.54, 1.807) is 11.5 Å². The summed E-state index contributed by atoms with van der Waals surface area (Å²) in [5.74, 6) is 0.00898. The Balaban J connectivity index is 1.68. The Hall–Kier alpha value is -3.88. The third-order valence-corrected chi connectivity index (χ3v) is 5.63. The lowest BCUT2D eigenvalue weighted by Gasteiger charge is -2.10. The van der Waals surface area contributed by atoms with Gasteiger partial charge in [0.2, 0.25) is 0 Å². The third-order valence-electron chi connectivity index (χ3n) is 5.63. The number of unbranched alkanes of at least 4 members (excludes halogenated alkanes) is 1. The molecule has 0 saturated heterocycles. The lowest BCUT2D eigenvalue weighted by atomic mass is 10.3. The number of aromatic nitrogens is 4. The average molecular weight is 465 g/mol. The van der Waals surface area contributed by atoms with Gasteiger partial charge in [0.25, 0.3) is 0 Å². The van der Waals surface area contributed by atoms with Crippen molar-refractivity contribution in [3.8, 4) is 0 Å². The van der Waals surface area contributed by atoms with Crippen LogP contribution in [-0.2, 0) is 38.7 Å². The minimum Gasteiger partial charge on any atom is -0.466 e. The van der Waals surface area contributed by atoms with Crippen molar-refractivity contribution in [2.24, 2.45) is 0 Å². The molecule has 0 bridgehead atoms. The Labute approximate surface area is 196 Å². The number of nitrogens with zero attached hydrogens (tertiary/aromatic N) is 4. The summed E-state index contributed by atoms with van der Waals surface area (Å²) in [7, 11) is 0. The molecule has 2 heterocycles. The predicted molar refractivity (Wildman–Crippen MR) is 128 cm³/mol. The van der Waals surface area contributed by atoms with Crippen LogP contribution in [-0.4, -0.2) is 43.8 Å². The summed E-state index contributed by atoms with van der Waals surface area (Å²) in [6.07, 6.45) is 1.52. The van der Waals surface area contributed by atoms with Crippen LogP contribution in [0.1, 0.15) is 32.5 Å². The number of hydrogen-bond acceptors (Lipinski definition) is 6. The van der Waals surface area contributed by atoms with Crippen molar-refractivity contribution >= 4 is 34.0 Å². The number of aryl methyl sites for hydroxylation is 1. The number of esters is 2. The van der Waals surface area contributed by atoms with Gasteiger partial charge in [-0.15, -0.1) is 0 Å². The van der Waals surface area contributed by atoms with Crippen molar-refractivity contribution in [1.82, 2.24) is 18.7 Å². The second kappa shape index (κ2) is 10.4. The Kier molecular flexibility index (Phi) is 7.10. The number of carbonyl (C=O) groups excluding carboxylic acids is 2. The van der Waals surface area contributed by atoms with Crippen LogP contribution in [0.3, 0.4) is 0 Å². The van der Waals surface area contributed by atoms with Gasteiger partial charge in [-0.05, 0) is 44.0 Å². The van der Waals surface area contributed by atoms with Gasteiger partial charge in [0.1, 0.15) is 12.4 Å². The van der Waals surface area contributed by atoms with E-state index in [1.807, 2.05) is 48.5 Å². The second-order valence-electron chi connectivity index (χ2n) is 7.96. The molecule has 0 aliphatic heterocycles. The van der Waals surface area contributed by atoms with Gasteiger partial charge < -0.3 is 14.0 Å². The third kappa shape index (κ3) is 4.88. The minimum atomic E-state index is -0.451. The van der Waals surface area contributed by atoms with Crippen molar-refractivity contribution in [3.05, 3.63) is 64.8 Å². The highest BCUT2D eigenvalue weighted by atomic mass is 16.5. The van der Waals surface area contributed by atoms with E-state index < -0.39 is 5.97 Å². The van der Waals surface area contributed by atoms with E-state index in [0.717, 1.165) is 35.2 Å². The zero-order chi connectivity index (χ0) is 24.1. The first-order valence-corrected chi connectivity index (χ1v) is 11.4. The topological polar surface area (TPSA) is 97.4 Å². The van der Waals surface area contributed by atoms with Crippen LogP contribution in [0.4, 0.5) is 0 Å². The van der Waals surface area contributed by atoms with Gasteiger partial charge in [-0.2, -0.15) is 0 Å². The molecule has 0 unspecified atom stereocenters. The predicted octanol–water partition coefficient (Wildman–Crippen LogP) is 3.11. The van der Waals surface area contributed by atoms with Gasteiger partial charge in [0.15, 0.2) is 0 Å². The van der Waals surface area contributed by atoms with E-state index >= 15 is 0 Å². The molecule has 0 fully saturated rings. The van der Waals surface area contributed by atoms with Gasteiger partial charge in [-0.25, -0.2) is 9.78 Å². The molecule has 0 aliphatic carbocycles. The van der Waals surface area contributed by atoms with Crippen LogP contribution >= 0.6 is 0 Å². The van der Waals surface area contributed by atoms with Crippen molar-refractivity contribution in [2.45, 2.75) is 46.3 Å². The smallest absolute Gasteiger partial charge is 0.330 e. The summed E-state index contributed by atoms with van der Waals surface area (Å²) in [5, 5.41) is 0. The molecule has 0 atom stereocenters. The summed E-state index contributed by atoms with van der Waals surface area (Å²) >= 11 is 0. The molecule has 0 saturated carbocycles. The molecule has 2 aromatic heterocycles. The fourth-order valence-corrected chi connectivity index (χ4v) is 4.14. The number of hydrogen-bond donors (Lipinski definition) is 0. The molecule has 9 heteroatoms. The van der Waals surface area contributed by atoms with Crippen molar-refractivity contribution in [3.63, 3.8) is 0 Å². The maximum absolute atomic E-state index is 13.4. The molecule has 178 valence electrons. The highest BCUT2D eigenvalue weighted by Gasteiger charge is 2.19. The van der Waals surface area contributed by atoms with E-state index in [4.69, 9.17) is 14.5 Å². The fraction of sp³-hybridized carbons (Fsp3) is 0.360. The first-order chi connectivity index (χ1) is 16.5. The first kappa shape index (κ1) is 23.3. The van der Waals surface area contributed by atoms with Crippen LogP contribution in [0.5, 0.6) is 0 Å². The van der Waals surface area contributed by atoms with Crippen molar-refractivity contribution in [2.75, 3.05) is 13.2 Å². The number of fused-ring (bicyclic) bond motifs is 2. The summed E-state index contributed by atoms with van der Waals surface area (Å²) in [6.45, 7) is 4.55. The molecule has 9 nitrogen and oxygen atoms in total. The Morgan fingerprint density at radius 1 is 0.882 bits per heavy atom. The van der Waals surface area contributed by atoms with Crippen LogP contribution in [0, 0.1) is 0 Å². The largest absolute Gasteiger partial charge is 0.466 e. The number of rotatable bonds is 10. The normalized spacial score (nSPS) is 11.2. The lowest BCUT2D eigenvalue weighted by molar-refractivity contribution is -0.144. The molecule has 0 amide bonds. The maximum atomic E-state index is 13.4. The van der Waals surface area contributed by atoms with Gasteiger partial charge in [0, 0.05) is 13.5 Å². The average Bonchev–Trinajstić information content (AvgIpc) is 3.29. The highest BCUT2D eigenvalue weighted by molar-refractivity contribution is 5.79. The lowest BCUT2D eigenvalue weighted by Crippen LogP contribution is -2.28. The molecule has 0 radical (unpaired) electrons. The van der Waals surface area contributed by atoms with E-state index in [9.17, 15) is 14.4 Å². The summed E-state index contributed by atoms with van der Waals surface area (Å²) in [5.41, 5.74) is 2.94. The van der Waals surface area contributed by atoms with Crippen LogP contribution in [0.25, 0.3) is 22.1 Å². The molecule has 0 N–H and O–H groups in total. The highest BCUT2D eigenvalue weighted by Crippen LogP contribution is 2.20. The van der Waals surface area contributed by atoms with Crippen molar-refractivity contribution < 1.29 is 19.1 Å². The summed E-state index contributed by atoms with van der Waals surface area (Å²) in [6, 6.07) is 15.2. The van der Waals surface area contributed by atoms with Gasteiger partial charge in [-0.1, -0.05) is 24.3 Å². The molecular formula is C25H28N4O5. The number of imidazole rings is 2.